The zero-order chi connectivity index (χ0) is 19.8. The van der Waals surface area contributed by atoms with E-state index in [1.165, 1.54) is 30.6 Å². The molecule has 1 heterocycles. The molecular weight excluding hydrogens is 372 g/mol. The number of anilines is 1. The highest BCUT2D eigenvalue weighted by Crippen LogP contribution is 2.34. The molecule has 1 saturated heterocycles. The number of amides is 3. The van der Waals surface area contributed by atoms with Crippen molar-refractivity contribution in [3.05, 3.63) is 36.9 Å². The van der Waals surface area contributed by atoms with Crippen LogP contribution in [0.2, 0.25) is 0 Å². The van der Waals surface area contributed by atoms with Gasteiger partial charge in [0.05, 0.1) is 6.54 Å². The zero-order valence-corrected chi connectivity index (χ0v) is 17.2. The maximum Gasteiger partial charge on any atom is 0.321 e. The number of nitrogens with one attached hydrogen (secondary N) is 2. The van der Waals surface area contributed by atoms with Crippen LogP contribution in [0.3, 0.4) is 0 Å². The number of hydrogen-bond donors (Lipinski definition) is 2. The minimum atomic E-state index is -0.0769. The van der Waals surface area contributed by atoms with Crippen molar-refractivity contribution in [1.29, 1.82) is 0 Å². The van der Waals surface area contributed by atoms with Crippen molar-refractivity contribution in [3.63, 3.8) is 0 Å². The Balaban J connectivity index is 1.40. The van der Waals surface area contributed by atoms with Gasteiger partial charge in [0.1, 0.15) is 0 Å². The highest BCUT2D eigenvalue weighted by Gasteiger charge is 2.22. The van der Waals surface area contributed by atoms with Crippen molar-refractivity contribution in [2.45, 2.75) is 35.8 Å². The number of urea groups is 1. The largest absolute Gasteiger partial charge is 0.352 e. The van der Waals surface area contributed by atoms with Crippen LogP contribution >= 0.6 is 11.8 Å². The number of piperazine rings is 1. The van der Waals surface area contributed by atoms with E-state index in [0.29, 0.717) is 39.3 Å². The molecule has 3 amide bonds. The number of benzene rings is 1. The molecule has 2 fully saturated rings. The van der Waals surface area contributed by atoms with Crippen molar-refractivity contribution in [2.75, 3.05) is 44.6 Å². The van der Waals surface area contributed by atoms with Gasteiger partial charge >= 0.3 is 6.03 Å². The first-order valence-corrected chi connectivity index (χ1v) is 10.9. The van der Waals surface area contributed by atoms with Gasteiger partial charge in [-0.1, -0.05) is 18.9 Å². The fourth-order valence-electron chi connectivity index (χ4n) is 3.57. The molecule has 1 aliphatic carbocycles. The number of nitrogens with zero attached hydrogens (tertiary/aromatic N) is 2. The molecule has 2 N–H and O–H groups in total. The summed E-state index contributed by atoms with van der Waals surface area (Å²) in [6.07, 6.45) is 6.98. The number of thioether (sulfide) groups is 1. The van der Waals surface area contributed by atoms with Gasteiger partial charge in [-0.2, -0.15) is 0 Å². The first kappa shape index (κ1) is 20.7. The normalized spacial score (nSPS) is 18.1. The van der Waals surface area contributed by atoms with Crippen molar-refractivity contribution < 1.29 is 9.59 Å². The minimum absolute atomic E-state index is 0.00614. The van der Waals surface area contributed by atoms with E-state index in [1.54, 1.807) is 11.0 Å². The van der Waals surface area contributed by atoms with E-state index in [9.17, 15) is 9.59 Å². The Morgan fingerprint density at radius 3 is 2.43 bits per heavy atom. The number of carbonyl (C=O) groups excluding carboxylic acids is 2. The first-order valence-electron chi connectivity index (χ1n) is 10.1. The molecule has 6 nitrogen and oxygen atoms in total. The molecule has 152 valence electrons. The number of carbonyl (C=O) groups is 2. The van der Waals surface area contributed by atoms with E-state index in [2.05, 4.69) is 34.2 Å². The van der Waals surface area contributed by atoms with Crippen LogP contribution in [0.4, 0.5) is 10.5 Å². The Morgan fingerprint density at radius 2 is 1.79 bits per heavy atom. The standard InChI is InChI=1S/C21H30N4O2S/c1-2-11-22-20(26)16-24-12-14-25(15-13-24)21(27)23-17-7-9-19(10-8-17)28-18-5-3-4-6-18/h2,7-10,18H,1,3-6,11-16H2,(H,22,26)(H,23,27). The highest BCUT2D eigenvalue weighted by molar-refractivity contribution is 8.00. The van der Waals surface area contributed by atoms with E-state index in [-0.39, 0.29) is 11.9 Å². The summed E-state index contributed by atoms with van der Waals surface area (Å²) in [6, 6.07) is 8.08. The van der Waals surface area contributed by atoms with Gasteiger partial charge in [-0.15, -0.1) is 18.3 Å². The van der Waals surface area contributed by atoms with Gasteiger partial charge in [-0.3, -0.25) is 9.69 Å². The Hall–Kier alpha value is -1.99. The second-order valence-corrected chi connectivity index (χ2v) is 8.71. The third kappa shape index (κ3) is 6.27. The maximum atomic E-state index is 12.5. The second kappa shape index (κ2) is 10.5. The number of hydrogen-bond acceptors (Lipinski definition) is 4. The Kier molecular flexibility index (Phi) is 7.80. The fraction of sp³-hybridized carbons (Fsp3) is 0.524. The summed E-state index contributed by atoms with van der Waals surface area (Å²) in [5, 5.41) is 6.51. The van der Waals surface area contributed by atoms with Gasteiger partial charge in [0.15, 0.2) is 0 Å². The smallest absolute Gasteiger partial charge is 0.321 e. The molecule has 28 heavy (non-hydrogen) atoms. The summed E-state index contributed by atoms with van der Waals surface area (Å²) >= 11 is 1.95. The van der Waals surface area contributed by atoms with E-state index < -0.39 is 0 Å². The lowest BCUT2D eigenvalue weighted by atomic mass is 10.3. The van der Waals surface area contributed by atoms with Crippen LogP contribution in [-0.2, 0) is 4.79 Å². The van der Waals surface area contributed by atoms with Crippen molar-refractivity contribution in [2.24, 2.45) is 0 Å². The van der Waals surface area contributed by atoms with Crippen molar-refractivity contribution in [3.8, 4) is 0 Å². The maximum absolute atomic E-state index is 12.5. The van der Waals surface area contributed by atoms with E-state index in [0.717, 1.165) is 10.9 Å². The summed E-state index contributed by atoms with van der Waals surface area (Å²) in [6.45, 7) is 7.08. The quantitative estimate of drug-likeness (QED) is 0.688. The van der Waals surface area contributed by atoms with Crippen molar-refractivity contribution >= 4 is 29.4 Å². The SMILES string of the molecule is C=CCNC(=O)CN1CCN(C(=O)Nc2ccc(SC3CCCC3)cc2)CC1. The average Bonchev–Trinajstić information content (AvgIpc) is 3.21. The molecule has 0 radical (unpaired) electrons. The van der Waals surface area contributed by atoms with Gasteiger partial charge in [0.2, 0.25) is 5.91 Å². The predicted molar refractivity (Wildman–Crippen MR) is 115 cm³/mol. The minimum Gasteiger partial charge on any atom is -0.352 e. The van der Waals surface area contributed by atoms with Gasteiger partial charge in [-0.05, 0) is 37.1 Å². The zero-order valence-electron chi connectivity index (χ0n) is 16.4. The molecule has 0 aromatic heterocycles. The van der Waals surface area contributed by atoms with E-state index in [4.69, 9.17) is 0 Å². The average molecular weight is 403 g/mol. The first-order chi connectivity index (χ1) is 13.6. The summed E-state index contributed by atoms with van der Waals surface area (Å²) < 4.78 is 0. The van der Waals surface area contributed by atoms with Crippen LogP contribution in [0.15, 0.2) is 41.8 Å². The second-order valence-electron chi connectivity index (χ2n) is 7.33. The van der Waals surface area contributed by atoms with Crippen molar-refractivity contribution in [1.82, 2.24) is 15.1 Å². The van der Waals surface area contributed by atoms with Gasteiger partial charge in [0, 0.05) is 48.6 Å². The van der Waals surface area contributed by atoms with Crippen LogP contribution in [0.25, 0.3) is 0 Å². The van der Waals surface area contributed by atoms with E-state index in [1.807, 2.05) is 23.9 Å². The van der Waals surface area contributed by atoms with Crippen LogP contribution in [-0.4, -0.2) is 66.3 Å². The predicted octanol–water partition coefficient (Wildman–Crippen LogP) is 3.17. The molecule has 1 aliphatic heterocycles. The van der Waals surface area contributed by atoms with E-state index >= 15 is 0 Å². The summed E-state index contributed by atoms with van der Waals surface area (Å²) in [5.41, 5.74) is 0.826. The molecule has 7 heteroatoms. The lowest BCUT2D eigenvalue weighted by Gasteiger charge is -2.34. The Labute approximate surface area is 171 Å². The fourth-order valence-corrected chi connectivity index (χ4v) is 4.82. The summed E-state index contributed by atoms with van der Waals surface area (Å²) in [4.78, 5) is 29.4. The molecular formula is C21H30N4O2S. The molecule has 2 aliphatic rings. The van der Waals surface area contributed by atoms with Crippen LogP contribution in [0.1, 0.15) is 25.7 Å². The van der Waals surface area contributed by atoms with Gasteiger partial charge in [-0.25, -0.2) is 4.79 Å². The van der Waals surface area contributed by atoms with Gasteiger partial charge in [0.25, 0.3) is 0 Å². The van der Waals surface area contributed by atoms with Gasteiger partial charge < -0.3 is 15.5 Å². The summed E-state index contributed by atoms with van der Waals surface area (Å²) in [7, 11) is 0. The third-order valence-electron chi connectivity index (χ3n) is 5.18. The molecule has 1 saturated carbocycles. The van der Waals surface area contributed by atoms with Crippen LogP contribution in [0.5, 0.6) is 0 Å². The molecule has 0 spiro atoms. The molecule has 3 rings (SSSR count). The lowest BCUT2D eigenvalue weighted by molar-refractivity contribution is -0.122. The Morgan fingerprint density at radius 1 is 1.11 bits per heavy atom. The molecule has 0 bridgehead atoms. The monoisotopic (exact) mass is 402 g/mol. The third-order valence-corrected chi connectivity index (χ3v) is 6.53. The molecule has 1 aromatic carbocycles. The highest BCUT2D eigenvalue weighted by atomic mass is 32.2. The molecule has 0 atom stereocenters. The van der Waals surface area contributed by atoms with Crippen LogP contribution < -0.4 is 10.6 Å². The summed E-state index contributed by atoms with van der Waals surface area (Å²) in [5.74, 6) is -0.00614. The molecule has 0 unspecified atom stereocenters. The number of rotatable bonds is 7. The molecule has 1 aromatic rings. The topological polar surface area (TPSA) is 64.7 Å². The van der Waals surface area contributed by atoms with Crippen LogP contribution in [0, 0.1) is 0 Å². The Bertz CT molecular complexity index is 665. The lowest BCUT2D eigenvalue weighted by Crippen LogP contribution is -2.52.